The van der Waals surface area contributed by atoms with E-state index in [1.54, 1.807) is 4.90 Å². The number of hydrogen-bond acceptors (Lipinski definition) is 5. The summed E-state index contributed by atoms with van der Waals surface area (Å²) in [7, 11) is 0. The molecule has 0 aromatic carbocycles. The van der Waals surface area contributed by atoms with Crippen LogP contribution in [0.3, 0.4) is 0 Å². The van der Waals surface area contributed by atoms with Crippen LogP contribution in [0.2, 0.25) is 0 Å². The molecule has 4 fully saturated rings. The van der Waals surface area contributed by atoms with Crippen molar-refractivity contribution in [2.75, 3.05) is 13.1 Å². The molecular formula is C27H41N3O3. The SMILES string of the molecule is C/C(=N\OC(=O)N1CCC[C@H]1CN)[C@H]1CCC2[C@@H]3CCC4=CC(=O)CC[C@]4(C)[C@H]3CC[C@@]21C. The summed E-state index contributed by atoms with van der Waals surface area (Å²) in [6, 6.07) is 0.0818. The number of likely N-dealkylation sites (tertiary alicyclic amines) is 1. The van der Waals surface area contributed by atoms with Gasteiger partial charge < -0.3 is 10.6 Å². The van der Waals surface area contributed by atoms with Crippen LogP contribution in [0.15, 0.2) is 16.8 Å². The van der Waals surface area contributed by atoms with Crippen molar-refractivity contribution in [3.8, 4) is 0 Å². The third-order valence-electron chi connectivity index (χ3n) is 10.6. The first-order chi connectivity index (χ1) is 15.8. The highest BCUT2D eigenvalue weighted by Gasteiger charge is 2.59. The van der Waals surface area contributed by atoms with Gasteiger partial charge in [-0.15, -0.1) is 0 Å². The second-order valence-corrected chi connectivity index (χ2v) is 12.0. The van der Waals surface area contributed by atoms with Crippen LogP contribution < -0.4 is 5.73 Å². The molecule has 0 spiro atoms. The fraction of sp³-hybridized carbons (Fsp3) is 0.815. The maximum Gasteiger partial charge on any atom is 0.436 e. The molecule has 0 bridgehead atoms. The van der Waals surface area contributed by atoms with E-state index in [1.807, 2.05) is 6.08 Å². The molecule has 2 N–H and O–H groups in total. The van der Waals surface area contributed by atoms with Crippen molar-refractivity contribution < 1.29 is 14.4 Å². The van der Waals surface area contributed by atoms with Crippen LogP contribution in [0, 0.1) is 34.5 Å². The van der Waals surface area contributed by atoms with Gasteiger partial charge in [-0.25, -0.2) is 4.79 Å². The van der Waals surface area contributed by atoms with Crippen molar-refractivity contribution in [3.05, 3.63) is 11.6 Å². The number of nitrogens with two attached hydrogens (primary N) is 1. The molecule has 0 aromatic heterocycles. The first-order valence-electron chi connectivity index (χ1n) is 13.2. The lowest BCUT2D eigenvalue weighted by molar-refractivity contribution is -0.117. The lowest BCUT2D eigenvalue weighted by Gasteiger charge is -2.58. The number of oxime groups is 1. The predicted molar refractivity (Wildman–Crippen MR) is 129 cm³/mol. The number of rotatable bonds is 3. The molecule has 1 amide bonds. The summed E-state index contributed by atoms with van der Waals surface area (Å²) in [4.78, 5) is 31.8. The van der Waals surface area contributed by atoms with Gasteiger partial charge in [0.15, 0.2) is 5.78 Å². The van der Waals surface area contributed by atoms with Gasteiger partial charge in [0.05, 0.1) is 5.71 Å². The van der Waals surface area contributed by atoms with Crippen molar-refractivity contribution in [3.63, 3.8) is 0 Å². The molecule has 182 valence electrons. The minimum Gasteiger partial charge on any atom is -0.328 e. The van der Waals surface area contributed by atoms with Crippen LogP contribution in [0.4, 0.5) is 4.79 Å². The molecule has 5 aliphatic rings. The van der Waals surface area contributed by atoms with Crippen LogP contribution in [-0.4, -0.2) is 41.6 Å². The standard InChI is InChI=1S/C27H41N3O3/c1-17(29-33-25(32)30-14-4-5-19(30)16-28)22-8-9-23-21-7-6-18-15-20(31)10-12-26(18,2)24(21)11-13-27(22,23)3/h15,19,21-24H,4-14,16,28H2,1-3H3/b29-17+/t19-,21-,22+,23?,24-,26-,27+/m0/s1. The summed E-state index contributed by atoms with van der Waals surface area (Å²) in [6.45, 7) is 8.15. The Morgan fingerprint density at radius 3 is 2.76 bits per heavy atom. The average molecular weight is 456 g/mol. The van der Waals surface area contributed by atoms with E-state index < -0.39 is 0 Å². The lowest BCUT2D eigenvalue weighted by Crippen LogP contribution is -2.51. The van der Waals surface area contributed by atoms with E-state index in [4.69, 9.17) is 10.6 Å². The Morgan fingerprint density at radius 2 is 1.97 bits per heavy atom. The number of hydrogen-bond donors (Lipinski definition) is 1. The van der Waals surface area contributed by atoms with E-state index in [0.717, 1.165) is 43.7 Å². The van der Waals surface area contributed by atoms with Gasteiger partial charge in [0.25, 0.3) is 0 Å². The van der Waals surface area contributed by atoms with E-state index in [-0.39, 0.29) is 23.0 Å². The first-order valence-corrected chi connectivity index (χ1v) is 13.2. The van der Waals surface area contributed by atoms with Gasteiger partial charge in [-0.3, -0.25) is 9.63 Å². The van der Waals surface area contributed by atoms with E-state index in [0.29, 0.717) is 43.0 Å². The Bertz CT molecular complexity index is 882. The highest BCUT2D eigenvalue weighted by molar-refractivity contribution is 5.91. The molecule has 0 radical (unpaired) electrons. The highest BCUT2D eigenvalue weighted by Crippen LogP contribution is 2.66. The van der Waals surface area contributed by atoms with Crippen molar-refractivity contribution in [2.45, 2.75) is 91.0 Å². The summed E-state index contributed by atoms with van der Waals surface area (Å²) in [6.07, 6.45) is 12.4. The van der Waals surface area contributed by atoms with Crippen molar-refractivity contribution >= 4 is 17.6 Å². The third kappa shape index (κ3) is 3.67. The largest absolute Gasteiger partial charge is 0.436 e. The van der Waals surface area contributed by atoms with Crippen LogP contribution in [0.5, 0.6) is 0 Å². The number of carbonyl (C=O) groups excluding carboxylic acids is 2. The van der Waals surface area contributed by atoms with Crippen LogP contribution in [0.1, 0.15) is 85.0 Å². The van der Waals surface area contributed by atoms with Crippen molar-refractivity contribution in [1.82, 2.24) is 4.90 Å². The van der Waals surface area contributed by atoms with Gasteiger partial charge in [0.2, 0.25) is 0 Å². The molecular weight excluding hydrogens is 414 g/mol. The van der Waals surface area contributed by atoms with Gasteiger partial charge in [-0.05, 0) is 99.4 Å². The Balaban J connectivity index is 1.30. The van der Waals surface area contributed by atoms with Crippen LogP contribution in [0.25, 0.3) is 0 Å². The Labute approximate surface area is 198 Å². The first kappa shape index (κ1) is 23.1. The van der Waals surface area contributed by atoms with E-state index >= 15 is 0 Å². The van der Waals surface area contributed by atoms with Gasteiger partial charge in [0, 0.05) is 31.5 Å². The molecule has 6 heteroatoms. The summed E-state index contributed by atoms with van der Waals surface area (Å²) in [5, 5.41) is 4.39. The highest BCUT2D eigenvalue weighted by atomic mass is 16.7. The molecule has 1 saturated heterocycles. The Kier molecular flexibility index (Phi) is 5.95. The fourth-order valence-corrected chi connectivity index (χ4v) is 8.79. The topological polar surface area (TPSA) is 85.0 Å². The number of nitrogens with zero attached hydrogens (tertiary/aromatic N) is 2. The number of ketones is 1. The predicted octanol–water partition coefficient (Wildman–Crippen LogP) is 5.07. The maximum absolute atomic E-state index is 12.6. The zero-order valence-electron chi connectivity index (χ0n) is 20.6. The Hall–Kier alpha value is -1.69. The quantitative estimate of drug-likeness (QED) is 0.366. The molecule has 6 nitrogen and oxygen atoms in total. The lowest BCUT2D eigenvalue weighted by atomic mass is 9.46. The number of carbonyl (C=O) groups is 2. The van der Waals surface area contributed by atoms with E-state index in [9.17, 15) is 9.59 Å². The van der Waals surface area contributed by atoms with Gasteiger partial charge >= 0.3 is 6.09 Å². The molecule has 4 aliphatic carbocycles. The zero-order valence-corrected chi connectivity index (χ0v) is 20.6. The summed E-state index contributed by atoms with van der Waals surface area (Å²) >= 11 is 0. The molecule has 7 atom stereocenters. The normalized spacial score (nSPS) is 43.0. The van der Waals surface area contributed by atoms with Gasteiger partial charge in [-0.2, -0.15) is 0 Å². The molecule has 1 heterocycles. The molecule has 1 unspecified atom stereocenters. The number of amides is 1. The van der Waals surface area contributed by atoms with Crippen LogP contribution in [-0.2, 0) is 9.63 Å². The maximum atomic E-state index is 12.6. The third-order valence-corrected chi connectivity index (χ3v) is 10.6. The summed E-state index contributed by atoms with van der Waals surface area (Å²) < 4.78 is 0. The molecule has 0 aromatic rings. The number of fused-ring (bicyclic) bond motifs is 5. The van der Waals surface area contributed by atoms with E-state index in [1.165, 1.54) is 31.3 Å². The number of allylic oxidation sites excluding steroid dienone is 1. The summed E-state index contributed by atoms with van der Waals surface area (Å²) in [5.41, 5.74) is 8.65. The minimum atomic E-state index is -0.350. The molecule has 1 aliphatic heterocycles. The molecule has 33 heavy (non-hydrogen) atoms. The van der Waals surface area contributed by atoms with Crippen molar-refractivity contribution in [2.24, 2.45) is 45.4 Å². The minimum absolute atomic E-state index is 0.0818. The molecule has 5 rings (SSSR count). The Morgan fingerprint density at radius 1 is 1.15 bits per heavy atom. The monoisotopic (exact) mass is 455 g/mol. The second-order valence-electron chi connectivity index (χ2n) is 12.0. The smallest absolute Gasteiger partial charge is 0.328 e. The van der Waals surface area contributed by atoms with E-state index in [2.05, 4.69) is 25.9 Å². The fourth-order valence-electron chi connectivity index (χ4n) is 8.79. The van der Waals surface area contributed by atoms with Crippen molar-refractivity contribution in [1.29, 1.82) is 0 Å². The van der Waals surface area contributed by atoms with Gasteiger partial charge in [-0.1, -0.05) is 24.6 Å². The zero-order chi connectivity index (χ0) is 23.4. The average Bonchev–Trinajstić information content (AvgIpc) is 3.41. The molecule has 3 saturated carbocycles. The van der Waals surface area contributed by atoms with Crippen LogP contribution >= 0.6 is 0 Å². The summed E-state index contributed by atoms with van der Waals surface area (Å²) in [5.74, 6) is 2.82. The second kappa shape index (κ2) is 8.51. The van der Waals surface area contributed by atoms with Gasteiger partial charge in [0.1, 0.15) is 0 Å².